The Kier molecular flexibility index (Phi) is 7.57. The molecule has 1 fully saturated rings. The van der Waals surface area contributed by atoms with Gasteiger partial charge in [-0.05, 0) is 37.3 Å². The summed E-state index contributed by atoms with van der Waals surface area (Å²) in [6, 6.07) is 10.6. The van der Waals surface area contributed by atoms with E-state index in [-0.39, 0.29) is 17.4 Å². The van der Waals surface area contributed by atoms with E-state index in [1.165, 1.54) is 16.9 Å². The highest BCUT2D eigenvalue weighted by molar-refractivity contribution is 7.20. The summed E-state index contributed by atoms with van der Waals surface area (Å²) in [6.45, 7) is 6.74. The van der Waals surface area contributed by atoms with Gasteiger partial charge in [0.2, 0.25) is 0 Å². The second kappa shape index (κ2) is 10.6. The van der Waals surface area contributed by atoms with Crippen molar-refractivity contribution in [1.29, 1.82) is 0 Å². The number of nitrogens with zero attached hydrogens (tertiary/aromatic N) is 2. The van der Waals surface area contributed by atoms with Crippen LogP contribution in [0.15, 0.2) is 36.7 Å². The Morgan fingerprint density at radius 2 is 2.00 bits per heavy atom. The van der Waals surface area contributed by atoms with Crippen molar-refractivity contribution in [1.82, 2.24) is 15.3 Å². The van der Waals surface area contributed by atoms with Crippen LogP contribution < -0.4 is 10.6 Å². The molecule has 0 aliphatic carbocycles. The van der Waals surface area contributed by atoms with Crippen LogP contribution >= 0.6 is 11.3 Å². The summed E-state index contributed by atoms with van der Waals surface area (Å²) in [5.41, 5.74) is 2.20. The first-order valence-electron chi connectivity index (χ1n) is 11.5. The highest BCUT2D eigenvalue weighted by atomic mass is 32.1. The maximum absolute atomic E-state index is 13.0. The van der Waals surface area contributed by atoms with Crippen molar-refractivity contribution >= 4 is 33.3 Å². The number of rotatable bonds is 9. The summed E-state index contributed by atoms with van der Waals surface area (Å²) in [5.74, 6) is 0.689. The van der Waals surface area contributed by atoms with Gasteiger partial charge < -0.3 is 20.1 Å². The van der Waals surface area contributed by atoms with Gasteiger partial charge in [-0.2, -0.15) is 0 Å². The number of thiophene rings is 1. The van der Waals surface area contributed by atoms with Crippen molar-refractivity contribution in [2.24, 2.45) is 0 Å². The lowest BCUT2D eigenvalue weighted by Gasteiger charge is -2.38. The van der Waals surface area contributed by atoms with Crippen LogP contribution in [0, 0.1) is 6.92 Å². The van der Waals surface area contributed by atoms with Gasteiger partial charge in [0.1, 0.15) is 17.0 Å². The minimum Gasteiger partial charge on any atom is -0.383 e. The summed E-state index contributed by atoms with van der Waals surface area (Å²) >= 11 is 1.41. The molecule has 3 aromatic rings. The van der Waals surface area contributed by atoms with E-state index in [4.69, 9.17) is 9.47 Å². The molecule has 4 rings (SSSR count). The molecule has 2 N–H and O–H groups in total. The minimum atomic E-state index is -0.0875. The largest absolute Gasteiger partial charge is 0.383 e. The van der Waals surface area contributed by atoms with Gasteiger partial charge in [-0.1, -0.05) is 37.3 Å². The molecule has 1 aliphatic rings. The third-order valence-corrected chi connectivity index (χ3v) is 7.76. The van der Waals surface area contributed by atoms with E-state index in [0.29, 0.717) is 11.5 Å². The number of hydrogen-bond donors (Lipinski definition) is 2. The Labute approximate surface area is 198 Å². The lowest BCUT2D eigenvalue weighted by Crippen LogP contribution is -2.40. The van der Waals surface area contributed by atoms with Crippen LogP contribution in [-0.4, -0.2) is 55.4 Å². The van der Waals surface area contributed by atoms with Gasteiger partial charge in [-0.25, -0.2) is 9.97 Å². The molecule has 1 unspecified atom stereocenters. The number of fused-ring (bicyclic) bond motifs is 1. The molecule has 2 aromatic heterocycles. The van der Waals surface area contributed by atoms with Crippen LogP contribution in [0.3, 0.4) is 0 Å². The van der Waals surface area contributed by atoms with Gasteiger partial charge in [-0.15, -0.1) is 11.3 Å². The zero-order valence-corrected chi connectivity index (χ0v) is 20.3. The number of carbonyl (C=O) groups excluding carboxylic acids is 1. The molecule has 0 bridgehead atoms. The number of aromatic nitrogens is 2. The van der Waals surface area contributed by atoms with Gasteiger partial charge in [0, 0.05) is 32.3 Å². The molecule has 3 heterocycles. The number of hydrogen-bond acceptors (Lipinski definition) is 7. The van der Waals surface area contributed by atoms with E-state index < -0.39 is 0 Å². The fraction of sp³-hybridized carbons (Fsp3) is 0.480. The van der Waals surface area contributed by atoms with Gasteiger partial charge in [-0.3, -0.25) is 4.79 Å². The quantitative estimate of drug-likeness (QED) is 0.487. The normalized spacial score (nSPS) is 16.5. The molecule has 7 nitrogen and oxygen atoms in total. The molecule has 33 heavy (non-hydrogen) atoms. The van der Waals surface area contributed by atoms with E-state index in [0.717, 1.165) is 60.6 Å². The summed E-state index contributed by atoms with van der Waals surface area (Å²) in [6.07, 6.45) is 4.28. The molecule has 1 aliphatic heterocycles. The average Bonchev–Trinajstić information content (AvgIpc) is 3.20. The Bertz CT molecular complexity index is 1080. The van der Waals surface area contributed by atoms with Gasteiger partial charge >= 0.3 is 0 Å². The van der Waals surface area contributed by atoms with Crippen molar-refractivity contribution < 1.29 is 14.3 Å². The molecular formula is C25H32N4O3S. The third-order valence-electron chi connectivity index (χ3n) is 6.56. The standard InChI is InChI=1S/C25H32N4O3S/c1-4-19(14-31-3)29-23(30)21-17(2)20-22(27-16-28-24(20)33-21)26-15-25(10-12-32-13-11-25)18-8-6-5-7-9-18/h5-9,16,19H,4,10-15H2,1-3H3,(H,29,30)(H,26,27,28). The SMILES string of the molecule is CCC(COC)NC(=O)c1sc2ncnc(NCC3(c4ccccc4)CCOCC3)c2c1C. The number of methoxy groups -OCH3 is 1. The number of ether oxygens (including phenoxy) is 2. The lowest BCUT2D eigenvalue weighted by molar-refractivity contribution is 0.0544. The molecular weight excluding hydrogens is 436 g/mol. The molecule has 1 atom stereocenters. The fourth-order valence-electron chi connectivity index (χ4n) is 4.51. The van der Waals surface area contributed by atoms with E-state index in [2.05, 4.69) is 50.9 Å². The number of aryl methyl sites for hydroxylation is 1. The van der Waals surface area contributed by atoms with Crippen molar-refractivity contribution in [3.05, 3.63) is 52.7 Å². The maximum Gasteiger partial charge on any atom is 0.262 e. The van der Waals surface area contributed by atoms with Crippen LogP contribution in [0.2, 0.25) is 0 Å². The molecule has 1 amide bonds. The molecule has 1 aromatic carbocycles. The smallest absolute Gasteiger partial charge is 0.262 e. The van der Waals surface area contributed by atoms with Crippen molar-refractivity contribution in [2.75, 3.05) is 38.8 Å². The third kappa shape index (κ3) is 5.03. The lowest BCUT2D eigenvalue weighted by atomic mass is 9.74. The number of anilines is 1. The van der Waals surface area contributed by atoms with Crippen molar-refractivity contribution in [3.8, 4) is 0 Å². The number of carbonyl (C=O) groups is 1. The van der Waals surface area contributed by atoms with Crippen molar-refractivity contribution in [2.45, 2.75) is 44.6 Å². The van der Waals surface area contributed by atoms with Crippen LogP contribution in [-0.2, 0) is 14.9 Å². The zero-order valence-electron chi connectivity index (χ0n) is 19.5. The van der Waals surface area contributed by atoms with Crippen LogP contribution in [0.1, 0.15) is 47.0 Å². The first-order chi connectivity index (χ1) is 16.1. The highest BCUT2D eigenvalue weighted by Crippen LogP contribution is 2.37. The second-order valence-corrected chi connectivity index (χ2v) is 9.60. The molecule has 0 radical (unpaired) electrons. The van der Waals surface area contributed by atoms with Gasteiger partial charge in [0.15, 0.2) is 0 Å². The van der Waals surface area contributed by atoms with Crippen molar-refractivity contribution in [3.63, 3.8) is 0 Å². The molecule has 1 saturated heterocycles. The van der Waals surface area contributed by atoms with Crippen LogP contribution in [0.25, 0.3) is 10.2 Å². The van der Waals surface area contributed by atoms with E-state index in [1.807, 2.05) is 13.8 Å². The summed E-state index contributed by atoms with van der Waals surface area (Å²) in [5, 5.41) is 7.61. The molecule has 0 saturated carbocycles. The summed E-state index contributed by atoms with van der Waals surface area (Å²) in [4.78, 5) is 23.5. The average molecular weight is 469 g/mol. The Hall–Kier alpha value is -2.55. The Balaban J connectivity index is 1.60. The van der Waals surface area contributed by atoms with E-state index in [9.17, 15) is 4.79 Å². The highest BCUT2D eigenvalue weighted by Gasteiger charge is 2.34. The minimum absolute atomic E-state index is 0.0184. The van der Waals surface area contributed by atoms with Crippen LogP contribution in [0.5, 0.6) is 0 Å². The number of nitrogens with one attached hydrogen (secondary N) is 2. The van der Waals surface area contributed by atoms with Crippen LogP contribution in [0.4, 0.5) is 5.82 Å². The topological polar surface area (TPSA) is 85.4 Å². The second-order valence-electron chi connectivity index (χ2n) is 8.60. The van der Waals surface area contributed by atoms with Gasteiger partial charge in [0.05, 0.1) is 22.9 Å². The number of amides is 1. The first kappa shape index (κ1) is 23.6. The summed E-state index contributed by atoms with van der Waals surface area (Å²) < 4.78 is 10.9. The zero-order chi connectivity index (χ0) is 23.3. The predicted octanol–water partition coefficient (Wildman–Crippen LogP) is 4.31. The fourth-order valence-corrected chi connectivity index (χ4v) is 5.56. The number of benzene rings is 1. The molecule has 0 spiro atoms. The summed E-state index contributed by atoms with van der Waals surface area (Å²) in [7, 11) is 1.65. The monoisotopic (exact) mass is 468 g/mol. The van der Waals surface area contributed by atoms with E-state index in [1.54, 1.807) is 13.4 Å². The predicted molar refractivity (Wildman–Crippen MR) is 132 cm³/mol. The Morgan fingerprint density at radius 3 is 2.70 bits per heavy atom. The van der Waals surface area contributed by atoms with E-state index >= 15 is 0 Å². The Morgan fingerprint density at radius 1 is 1.24 bits per heavy atom. The molecule has 8 heteroatoms. The first-order valence-corrected chi connectivity index (χ1v) is 12.3. The molecule has 176 valence electrons. The maximum atomic E-state index is 13.0. The van der Waals surface area contributed by atoms with Gasteiger partial charge in [0.25, 0.3) is 5.91 Å².